The molecule has 1 nitrogen and oxygen atoms in total. The largest absolute Gasteiger partial charge is 1.00 e. The third-order valence-corrected chi connectivity index (χ3v) is 1.54. The van der Waals surface area contributed by atoms with Gasteiger partial charge in [0.2, 0.25) is 0 Å². The number of para-hydroxylation sites is 1. The third-order valence-electron chi connectivity index (χ3n) is 1.54. The summed E-state index contributed by atoms with van der Waals surface area (Å²) < 4.78 is 0. The van der Waals surface area contributed by atoms with Crippen molar-refractivity contribution in [2.45, 2.75) is 19.8 Å². The van der Waals surface area contributed by atoms with Crippen LogP contribution in [0.3, 0.4) is 0 Å². The molecule has 0 saturated heterocycles. The minimum Gasteiger partial charge on any atom is -0.872 e. The Labute approximate surface area is 79.6 Å². The fourth-order valence-electron chi connectivity index (χ4n) is 0.958. The Kier molecular flexibility index (Phi) is 4.33. The molecule has 0 atom stereocenters. The van der Waals surface area contributed by atoms with Crippen molar-refractivity contribution in [3.8, 4) is 5.75 Å². The second-order valence-electron chi connectivity index (χ2n) is 2.69. The van der Waals surface area contributed by atoms with Crippen molar-refractivity contribution in [2.24, 2.45) is 0 Å². The van der Waals surface area contributed by atoms with E-state index in [1.807, 2.05) is 26.0 Å². The molecule has 11 heavy (non-hydrogen) atoms. The zero-order valence-electron chi connectivity index (χ0n) is 7.29. The Morgan fingerprint density at radius 3 is 2.09 bits per heavy atom. The van der Waals surface area contributed by atoms with Crippen molar-refractivity contribution in [1.29, 1.82) is 0 Å². The van der Waals surface area contributed by atoms with Gasteiger partial charge in [-0.2, -0.15) is 0 Å². The van der Waals surface area contributed by atoms with E-state index in [-0.39, 0.29) is 24.6 Å². The van der Waals surface area contributed by atoms with Crippen LogP contribution in [-0.4, -0.2) is 0 Å². The molecule has 1 aromatic carbocycles. The van der Waals surface area contributed by atoms with Gasteiger partial charge >= 0.3 is 18.9 Å². The van der Waals surface area contributed by atoms with Gasteiger partial charge in [0.15, 0.2) is 0 Å². The predicted octanol–water partition coefficient (Wildman–Crippen LogP) is -1.11. The molecule has 0 aliphatic heterocycles. The van der Waals surface area contributed by atoms with Crippen molar-refractivity contribution in [1.82, 2.24) is 0 Å². The van der Waals surface area contributed by atoms with E-state index in [0.29, 0.717) is 5.92 Å². The van der Waals surface area contributed by atoms with E-state index in [2.05, 4.69) is 0 Å². The van der Waals surface area contributed by atoms with Crippen molar-refractivity contribution in [3.63, 3.8) is 0 Å². The standard InChI is InChI=1S/C9H12O.Li/c1-7(2)8-5-3-4-6-9(8)10;/h3-7,10H,1-2H3;/q;+1/p-1. The molecule has 0 heterocycles. The molecule has 0 spiro atoms. The maximum absolute atomic E-state index is 11.1. The zero-order chi connectivity index (χ0) is 7.56. The van der Waals surface area contributed by atoms with Gasteiger partial charge in [0.25, 0.3) is 0 Å². The second kappa shape index (κ2) is 4.49. The molecule has 0 fully saturated rings. The van der Waals surface area contributed by atoms with Crippen LogP contribution in [0.1, 0.15) is 25.3 Å². The molecule has 1 aromatic rings. The minimum atomic E-state index is 0. The van der Waals surface area contributed by atoms with E-state index < -0.39 is 0 Å². The van der Waals surface area contributed by atoms with Gasteiger partial charge in [0.1, 0.15) is 0 Å². The molecule has 0 radical (unpaired) electrons. The van der Waals surface area contributed by atoms with Crippen LogP contribution in [0.25, 0.3) is 0 Å². The first-order valence-corrected chi connectivity index (χ1v) is 3.47. The summed E-state index contributed by atoms with van der Waals surface area (Å²) in [6.45, 7) is 4.05. The normalized spacial score (nSPS) is 9.36. The summed E-state index contributed by atoms with van der Waals surface area (Å²) in [5.74, 6) is 0.492. The van der Waals surface area contributed by atoms with Crippen LogP contribution in [0.2, 0.25) is 0 Å². The Hall–Kier alpha value is -0.383. The summed E-state index contributed by atoms with van der Waals surface area (Å²) in [4.78, 5) is 0. The van der Waals surface area contributed by atoms with E-state index in [1.54, 1.807) is 12.1 Å². The van der Waals surface area contributed by atoms with Crippen molar-refractivity contribution >= 4 is 0 Å². The van der Waals surface area contributed by atoms with Crippen molar-refractivity contribution in [2.75, 3.05) is 0 Å². The van der Waals surface area contributed by atoms with E-state index in [4.69, 9.17) is 0 Å². The monoisotopic (exact) mass is 142 g/mol. The molecular formula is C9H11LiO. The Balaban J connectivity index is 0.000001000. The van der Waals surface area contributed by atoms with Gasteiger partial charge in [-0.1, -0.05) is 43.7 Å². The number of hydrogen-bond donors (Lipinski definition) is 0. The van der Waals surface area contributed by atoms with Gasteiger partial charge in [-0.15, -0.1) is 5.75 Å². The van der Waals surface area contributed by atoms with Gasteiger partial charge in [-0.3, -0.25) is 0 Å². The summed E-state index contributed by atoms with van der Waals surface area (Å²) in [6, 6.07) is 7.16. The molecular weight excluding hydrogens is 131 g/mol. The first-order chi connectivity index (χ1) is 4.72. The molecule has 54 valence electrons. The molecule has 0 unspecified atom stereocenters. The Bertz CT molecular complexity index is 221. The van der Waals surface area contributed by atoms with Crippen LogP contribution < -0.4 is 24.0 Å². The molecule has 1 rings (SSSR count). The predicted molar refractivity (Wildman–Crippen MR) is 40.0 cm³/mol. The Morgan fingerprint density at radius 2 is 1.73 bits per heavy atom. The molecule has 0 aliphatic carbocycles. The van der Waals surface area contributed by atoms with Crippen molar-refractivity contribution in [3.05, 3.63) is 29.8 Å². The van der Waals surface area contributed by atoms with Gasteiger partial charge < -0.3 is 5.11 Å². The zero-order valence-corrected chi connectivity index (χ0v) is 7.29. The van der Waals surface area contributed by atoms with Crippen LogP contribution >= 0.6 is 0 Å². The van der Waals surface area contributed by atoms with E-state index in [1.165, 1.54) is 0 Å². The van der Waals surface area contributed by atoms with Crippen molar-refractivity contribution < 1.29 is 24.0 Å². The van der Waals surface area contributed by atoms with Crippen LogP contribution in [0.15, 0.2) is 24.3 Å². The fraction of sp³-hybridized carbons (Fsp3) is 0.333. The van der Waals surface area contributed by atoms with Gasteiger partial charge in [-0.25, -0.2) is 0 Å². The summed E-state index contributed by atoms with van der Waals surface area (Å²) in [7, 11) is 0. The summed E-state index contributed by atoms with van der Waals surface area (Å²) in [6.07, 6.45) is 0. The van der Waals surface area contributed by atoms with Gasteiger partial charge in [-0.05, 0) is 5.92 Å². The summed E-state index contributed by atoms with van der Waals surface area (Å²) in [5.41, 5.74) is 0.905. The molecule has 0 aromatic heterocycles. The first kappa shape index (κ1) is 10.6. The van der Waals surface area contributed by atoms with E-state index in [0.717, 1.165) is 5.56 Å². The topological polar surface area (TPSA) is 23.1 Å². The third kappa shape index (κ3) is 2.61. The molecule has 0 bridgehead atoms. The van der Waals surface area contributed by atoms with E-state index >= 15 is 0 Å². The SMILES string of the molecule is CC(C)c1ccccc1[O-].[Li+]. The van der Waals surface area contributed by atoms with E-state index in [9.17, 15) is 5.11 Å². The summed E-state index contributed by atoms with van der Waals surface area (Å²) in [5, 5.41) is 11.1. The fourth-order valence-corrected chi connectivity index (χ4v) is 0.958. The second-order valence-corrected chi connectivity index (χ2v) is 2.69. The number of benzene rings is 1. The smallest absolute Gasteiger partial charge is 0.872 e. The molecule has 0 amide bonds. The molecule has 0 aliphatic rings. The number of hydrogen-bond acceptors (Lipinski definition) is 1. The van der Waals surface area contributed by atoms with Crippen LogP contribution in [0, 0.1) is 0 Å². The maximum atomic E-state index is 11.1. The Morgan fingerprint density at radius 1 is 1.18 bits per heavy atom. The maximum Gasteiger partial charge on any atom is 1.00 e. The number of rotatable bonds is 1. The average molecular weight is 142 g/mol. The summed E-state index contributed by atoms with van der Waals surface area (Å²) >= 11 is 0. The average Bonchev–Trinajstić information content (AvgIpc) is 1.88. The minimum absolute atomic E-state index is 0. The molecule has 0 saturated carbocycles. The molecule has 2 heteroatoms. The quantitative estimate of drug-likeness (QED) is 0.456. The molecule has 0 N–H and O–H groups in total. The first-order valence-electron chi connectivity index (χ1n) is 3.47. The van der Waals surface area contributed by atoms with Crippen LogP contribution in [-0.2, 0) is 0 Å². The van der Waals surface area contributed by atoms with Crippen LogP contribution in [0.5, 0.6) is 5.75 Å². The van der Waals surface area contributed by atoms with Crippen LogP contribution in [0.4, 0.5) is 0 Å². The van der Waals surface area contributed by atoms with Gasteiger partial charge in [0.05, 0.1) is 0 Å². The van der Waals surface area contributed by atoms with Gasteiger partial charge in [0, 0.05) is 0 Å².